The molecule has 1 fully saturated rings. The summed E-state index contributed by atoms with van der Waals surface area (Å²) in [6.45, 7) is 1.95. The van der Waals surface area contributed by atoms with Crippen molar-refractivity contribution < 1.29 is 9.90 Å². The summed E-state index contributed by atoms with van der Waals surface area (Å²) >= 11 is 18.1. The van der Waals surface area contributed by atoms with E-state index in [9.17, 15) is 9.90 Å². The van der Waals surface area contributed by atoms with E-state index in [1.54, 1.807) is 15.8 Å². The molecule has 0 radical (unpaired) electrons. The van der Waals surface area contributed by atoms with Crippen molar-refractivity contribution in [3.05, 3.63) is 39.2 Å². The average molecular weight is 442 g/mol. The molecule has 4 rings (SSSR count). The molecular weight excluding hydrogens is 427 g/mol. The number of phenols is 1. The highest BCUT2D eigenvalue weighted by atomic mass is 35.5. The molecule has 3 aromatic rings. The maximum atomic E-state index is 12.9. The van der Waals surface area contributed by atoms with Crippen molar-refractivity contribution in [3.8, 4) is 5.75 Å². The quantitative estimate of drug-likeness (QED) is 0.615. The van der Waals surface area contributed by atoms with Crippen LogP contribution in [0.5, 0.6) is 5.75 Å². The van der Waals surface area contributed by atoms with Gasteiger partial charge in [-0.25, -0.2) is 9.97 Å². The van der Waals surface area contributed by atoms with E-state index in [0.29, 0.717) is 26.2 Å². The van der Waals surface area contributed by atoms with E-state index in [-0.39, 0.29) is 26.4 Å². The zero-order valence-electron chi connectivity index (χ0n) is 14.7. The van der Waals surface area contributed by atoms with E-state index in [1.807, 2.05) is 7.05 Å². The van der Waals surface area contributed by atoms with E-state index in [1.165, 1.54) is 12.4 Å². The summed E-state index contributed by atoms with van der Waals surface area (Å²) in [4.78, 5) is 25.2. The summed E-state index contributed by atoms with van der Waals surface area (Å²) in [6, 6.07) is 1.31. The molecule has 1 aliphatic rings. The smallest absolute Gasteiger partial charge is 0.259 e. The lowest BCUT2D eigenvalue weighted by atomic mass is 10.1. The topological polar surface area (TPSA) is 87.4 Å². The van der Waals surface area contributed by atoms with Crippen LogP contribution in [0.15, 0.2) is 18.6 Å². The molecule has 146 valence electrons. The third-order valence-corrected chi connectivity index (χ3v) is 5.81. The molecule has 3 heterocycles. The lowest BCUT2D eigenvalue weighted by molar-refractivity contribution is 0.0744. The number of hydrogen-bond donors (Lipinski definition) is 1. The Bertz CT molecular complexity index is 1050. The minimum Gasteiger partial charge on any atom is -0.505 e. The van der Waals surface area contributed by atoms with Gasteiger partial charge in [-0.15, -0.1) is 0 Å². The first-order valence-electron chi connectivity index (χ1n) is 8.42. The van der Waals surface area contributed by atoms with Gasteiger partial charge in [0.1, 0.15) is 23.5 Å². The van der Waals surface area contributed by atoms with Crippen LogP contribution in [-0.4, -0.2) is 61.8 Å². The van der Waals surface area contributed by atoms with Crippen LogP contribution in [0.25, 0.3) is 11.0 Å². The average Bonchev–Trinajstić information content (AvgIpc) is 3.08. The molecule has 1 N–H and O–H groups in total. The van der Waals surface area contributed by atoms with Crippen LogP contribution in [0.1, 0.15) is 10.4 Å². The van der Waals surface area contributed by atoms with Gasteiger partial charge in [-0.2, -0.15) is 5.10 Å². The minimum atomic E-state index is -0.416. The number of nitrogens with zero attached hydrogens (tertiary/aromatic N) is 6. The van der Waals surface area contributed by atoms with Crippen molar-refractivity contribution >= 4 is 57.6 Å². The Kier molecular flexibility index (Phi) is 4.95. The van der Waals surface area contributed by atoms with Crippen LogP contribution in [-0.2, 0) is 7.05 Å². The van der Waals surface area contributed by atoms with Gasteiger partial charge < -0.3 is 14.9 Å². The normalized spacial score (nSPS) is 14.7. The summed E-state index contributed by atoms with van der Waals surface area (Å²) < 4.78 is 1.69. The van der Waals surface area contributed by atoms with Gasteiger partial charge in [-0.05, 0) is 6.07 Å². The first-order chi connectivity index (χ1) is 13.4. The Balaban J connectivity index is 1.56. The number of amides is 1. The Labute approximate surface area is 175 Å². The number of aromatic nitrogens is 4. The zero-order valence-corrected chi connectivity index (χ0v) is 17.0. The van der Waals surface area contributed by atoms with E-state index < -0.39 is 5.91 Å². The fourth-order valence-corrected chi connectivity index (χ4v) is 3.95. The molecule has 28 heavy (non-hydrogen) atoms. The third kappa shape index (κ3) is 3.11. The summed E-state index contributed by atoms with van der Waals surface area (Å²) in [5, 5.41) is 15.4. The number of carbonyl (C=O) groups excluding carboxylic acids is 1. The van der Waals surface area contributed by atoms with Crippen LogP contribution in [0.3, 0.4) is 0 Å². The summed E-state index contributed by atoms with van der Waals surface area (Å²) in [5.74, 6) is -0.00555. The summed E-state index contributed by atoms with van der Waals surface area (Å²) in [5.41, 5.74) is 0.665. The highest BCUT2D eigenvalue weighted by molar-refractivity contribution is 6.45. The van der Waals surface area contributed by atoms with Crippen LogP contribution in [0.4, 0.5) is 5.82 Å². The largest absolute Gasteiger partial charge is 0.505 e. The molecule has 0 atom stereocenters. The number of benzene rings is 1. The second-order valence-electron chi connectivity index (χ2n) is 6.36. The molecule has 0 unspecified atom stereocenters. The van der Waals surface area contributed by atoms with Gasteiger partial charge in [0.05, 0.1) is 26.7 Å². The number of phenolic OH excluding ortho intramolecular Hbond substituents is 1. The van der Waals surface area contributed by atoms with Gasteiger partial charge in [0.2, 0.25) is 0 Å². The van der Waals surface area contributed by atoms with Crippen molar-refractivity contribution in [2.24, 2.45) is 7.05 Å². The van der Waals surface area contributed by atoms with Crippen LogP contribution in [0, 0.1) is 0 Å². The molecular formula is C17H15Cl3N6O2. The Hall–Kier alpha value is -2.29. The number of piperazine rings is 1. The van der Waals surface area contributed by atoms with Crippen molar-refractivity contribution in [2.75, 3.05) is 31.1 Å². The van der Waals surface area contributed by atoms with Crippen molar-refractivity contribution in [1.82, 2.24) is 24.6 Å². The van der Waals surface area contributed by atoms with Gasteiger partial charge >= 0.3 is 0 Å². The van der Waals surface area contributed by atoms with Crippen LogP contribution >= 0.6 is 34.8 Å². The summed E-state index contributed by atoms with van der Waals surface area (Å²) in [7, 11) is 1.82. The fraction of sp³-hybridized carbons (Fsp3) is 0.294. The zero-order chi connectivity index (χ0) is 20.0. The lowest BCUT2D eigenvalue weighted by Crippen LogP contribution is -2.49. The predicted molar refractivity (Wildman–Crippen MR) is 108 cm³/mol. The predicted octanol–water partition coefficient (Wildman–Crippen LogP) is 2.99. The summed E-state index contributed by atoms with van der Waals surface area (Å²) in [6.07, 6.45) is 3.23. The Morgan fingerprint density at radius 2 is 1.82 bits per heavy atom. The molecule has 2 aromatic heterocycles. The molecule has 8 nitrogen and oxygen atoms in total. The highest BCUT2D eigenvalue weighted by Crippen LogP contribution is 2.39. The molecule has 1 amide bonds. The second kappa shape index (κ2) is 7.27. The monoisotopic (exact) mass is 440 g/mol. The maximum absolute atomic E-state index is 12.9. The number of aromatic hydroxyl groups is 1. The molecule has 0 aliphatic carbocycles. The number of fused-ring (bicyclic) bond motifs is 1. The number of halogens is 3. The molecule has 0 bridgehead atoms. The van der Waals surface area contributed by atoms with E-state index >= 15 is 0 Å². The van der Waals surface area contributed by atoms with Gasteiger partial charge in [0.15, 0.2) is 5.65 Å². The Morgan fingerprint density at radius 3 is 2.54 bits per heavy atom. The third-order valence-electron chi connectivity index (χ3n) is 4.73. The van der Waals surface area contributed by atoms with E-state index in [4.69, 9.17) is 34.8 Å². The second-order valence-corrected chi connectivity index (χ2v) is 7.55. The number of hydrogen-bond acceptors (Lipinski definition) is 6. The van der Waals surface area contributed by atoms with E-state index in [2.05, 4.69) is 20.0 Å². The minimum absolute atomic E-state index is 0.0103. The van der Waals surface area contributed by atoms with Crippen LogP contribution < -0.4 is 4.90 Å². The lowest BCUT2D eigenvalue weighted by Gasteiger charge is -2.35. The first-order valence-corrected chi connectivity index (χ1v) is 9.55. The van der Waals surface area contributed by atoms with E-state index in [0.717, 1.165) is 16.9 Å². The van der Waals surface area contributed by atoms with Gasteiger partial charge in [-0.3, -0.25) is 9.48 Å². The maximum Gasteiger partial charge on any atom is 0.259 e. The molecule has 1 aliphatic heterocycles. The molecule has 1 saturated heterocycles. The van der Waals surface area contributed by atoms with Gasteiger partial charge in [0, 0.05) is 33.2 Å². The Morgan fingerprint density at radius 1 is 1.11 bits per heavy atom. The van der Waals surface area contributed by atoms with Gasteiger partial charge in [-0.1, -0.05) is 34.8 Å². The van der Waals surface area contributed by atoms with Crippen molar-refractivity contribution in [1.29, 1.82) is 0 Å². The number of rotatable bonds is 2. The standard InChI is InChI=1S/C17H15Cl3N6O2/c1-24-15-9(7-23-24)16(22-8-21-15)25-2-4-26(5-3-25)17(28)12-13(20)10(18)6-11(19)14(12)27/h6-8,27H,2-5H2,1H3. The van der Waals surface area contributed by atoms with Crippen molar-refractivity contribution in [2.45, 2.75) is 0 Å². The number of carbonyl (C=O) groups is 1. The molecule has 1 aromatic carbocycles. The van der Waals surface area contributed by atoms with Crippen molar-refractivity contribution in [3.63, 3.8) is 0 Å². The molecule has 0 saturated carbocycles. The fourth-order valence-electron chi connectivity index (χ4n) is 3.26. The molecule has 11 heteroatoms. The first kappa shape index (κ1) is 19.0. The number of aryl methyl sites for hydroxylation is 1. The highest BCUT2D eigenvalue weighted by Gasteiger charge is 2.29. The SMILES string of the molecule is Cn1ncc2c(N3CCN(C(=O)c4c(O)c(Cl)cc(Cl)c4Cl)CC3)ncnc21. The number of anilines is 1. The van der Waals surface area contributed by atoms with Crippen LogP contribution in [0.2, 0.25) is 15.1 Å². The molecule has 0 spiro atoms. The van der Waals surface area contributed by atoms with Gasteiger partial charge in [0.25, 0.3) is 5.91 Å².